The Morgan fingerprint density at radius 1 is 1.77 bits per heavy atom. The first-order chi connectivity index (χ1) is 6.15. The maximum absolute atomic E-state index is 10.4. The number of aromatic nitrogens is 3. The van der Waals surface area contributed by atoms with E-state index in [0.29, 0.717) is 17.0 Å². The van der Waals surface area contributed by atoms with Gasteiger partial charge in [-0.1, -0.05) is 6.92 Å². The summed E-state index contributed by atoms with van der Waals surface area (Å²) in [5, 5.41) is 16.8. The predicted octanol–water partition coefficient (Wildman–Crippen LogP) is -0.357. The zero-order chi connectivity index (χ0) is 9.84. The van der Waals surface area contributed by atoms with Gasteiger partial charge < -0.3 is 9.90 Å². The van der Waals surface area contributed by atoms with Crippen molar-refractivity contribution in [2.24, 2.45) is 0 Å². The van der Waals surface area contributed by atoms with Gasteiger partial charge in [0.1, 0.15) is 5.82 Å². The molecule has 0 unspecified atom stereocenters. The van der Waals surface area contributed by atoms with Crippen LogP contribution in [0.1, 0.15) is 19.2 Å². The van der Waals surface area contributed by atoms with E-state index in [1.807, 2.05) is 6.92 Å². The highest BCUT2D eigenvalue weighted by Crippen LogP contribution is 2.00. The maximum atomic E-state index is 10.4. The van der Waals surface area contributed by atoms with Crippen LogP contribution in [0.5, 0.6) is 0 Å². The van der Waals surface area contributed by atoms with Crippen LogP contribution >= 0.6 is 12.2 Å². The number of carbonyl (C=O) groups is 1. The van der Waals surface area contributed by atoms with Crippen molar-refractivity contribution in [3.63, 3.8) is 0 Å². The molecule has 0 fully saturated rings. The molecule has 1 rings (SSSR count). The lowest BCUT2D eigenvalue weighted by Crippen LogP contribution is -2.28. The summed E-state index contributed by atoms with van der Waals surface area (Å²) >= 11 is 4.86. The van der Waals surface area contributed by atoms with Gasteiger partial charge in [-0.2, -0.15) is 5.10 Å². The molecular weight excluding hydrogens is 190 g/mol. The highest BCUT2D eigenvalue weighted by molar-refractivity contribution is 7.71. The molecule has 0 aliphatic carbocycles. The first-order valence-corrected chi connectivity index (χ1v) is 4.40. The van der Waals surface area contributed by atoms with Crippen LogP contribution in [-0.4, -0.2) is 20.7 Å². The molecule has 0 saturated carbocycles. The summed E-state index contributed by atoms with van der Waals surface area (Å²) in [5.41, 5.74) is 0. The molecule has 13 heavy (non-hydrogen) atoms. The molecule has 6 heteroatoms. The topological polar surface area (TPSA) is 73.7 Å². The molecule has 0 aromatic carbocycles. The molecule has 1 aromatic heterocycles. The average molecular weight is 200 g/mol. The van der Waals surface area contributed by atoms with E-state index in [2.05, 4.69) is 10.2 Å². The highest BCUT2D eigenvalue weighted by Gasteiger charge is 2.04. The molecular formula is C7H10N3O2S-. The number of carboxylic acid groups (broad SMARTS) is 1. The Bertz CT molecular complexity index is 355. The van der Waals surface area contributed by atoms with Crippen LogP contribution < -0.4 is 5.11 Å². The van der Waals surface area contributed by atoms with Gasteiger partial charge in [0, 0.05) is 6.42 Å². The van der Waals surface area contributed by atoms with Gasteiger partial charge in [-0.05, 0) is 18.6 Å². The van der Waals surface area contributed by atoms with Crippen molar-refractivity contribution in [1.82, 2.24) is 14.8 Å². The molecule has 0 bridgehead atoms. The van der Waals surface area contributed by atoms with Crippen LogP contribution in [0.15, 0.2) is 0 Å². The minimum atomic E-state index is -1.16. The van der Waals surface area contributed by atoms with Crippen LogP contribution in [0.4, 0.5) is 0 Å². The van der Waals surface area contributed by atoms with Crippen molar-refractivity contribution in [2.45, 2.75) is 26.3 Å². The number of aliphatic carboxylic acids is 1. The van der Waals surface area contributed by atoms with E-state index in [1.165, 1.54) is 4.57 Å². The highest BCUT2D eigenvalue weighted by atomic mass is 32.1. The standard InChI is InChI=1S/C7H11N3O2S/c1-2-3-5-8-9-7(13)10(5)4-6(11)12/h2-4H2,1H3,(H,9,13)(H,11,12)/p-1. The van der Waals surface area contributed by atoms with Gasteiger partial charge in [-0.15, -0.1) is 0 Å². The fraction of sp³-hybridized carbons (Fsp3) is 0.571. The van der Waals surface area contributed by atoms with E-state index in [-0.39, 0.29) is 6.54 Å². The Labute approximate surface area is 80.4 Å². The second-order valence-electron chi connectivity index (χ2n) is 2.65. The Morgan fingerprint density at radius 2 is 2.46 bits per heavy atom. The first kappa shape index (κ1) is 9.91. The Balaban J connectivity index is 2.94. The van der Waals surface area contributed by atoms with Crippen LogP contribution in [0.3, 0.4) is 0 Å². The number of hydrogen-bond acceptors (Lipinski definition) is 4. The van der Waals surface area contributed by atoms with Crippen LogP contribution in [0.2, 0.25) is 0 Å². The Hall–Kier alpha value is -1.17. The quantitative estimate of drug-likeness (QED) is 0.674. The van der Waals surface area contributed by atoms with Gasteiger partial charge in [-0.3, -0.25) is 9.67 Å². The van der Waals surface area contributed by atoms with Crippen molar-refractivity contribution in [1.29, 1.82) is 0 Å². The molecule has 0 aliphatic heterocycles. The minimum Gasteiger partial charge on any atom is -0.548 e. The van der Waals surface area contributed by atoms with Crippen LogP contribution in [0.25, 0.3) is 0 Å². The summed E-state index contributed by atoms with van der Waals surface area (Å²) in [6.07, 6.45) is 1.60. The summed E-state index contributed by atoms with van der Waals surface area (Å²) in [5.74, 6) is -0.494. The number of nitrogens with one attached hydrogen (secondary N) is 1. The number of aromatic amines is 1. The van der Waals surface area contributed by atoms with Crippen molar-refractivity contribution in [3.8, 4) is 0 Å². The summed E-state index contributed by atoms with van der Waals surface area (Å²) in [4.78, 5) is 10.4. The number of rotatable bonds is 4. The van der Waals surface area contributed by atoms with Crippen molar-refractivity contribution < 1.29 is 9.90 Å². The molecule has 0 amide bonds. The van der Waals surface area contributed by atoms with Gasteiger partial charge in [0.15, 0.2) is 4.77 Å². The van der Waals surface area contributed by atoms with Gasteiger partial charge >= 0.3 is 0 Å². The predicted molar refractivity (Wildman–Crippen MR) is 46.4 cm³/mol. The third-order valence-corrected chi connectivity index (χ3v) is 1.91. The zero-order valence-electron chi connectivity index (χ0n) is 7.24. The Morgan fingerprint density at radius 3 is 3.00 bits per heavy atom. The fourth-order valence-corrected chi connectivity index (χ4v) is 1.27. The largest absolute Gasteiger partial charge is 0.548 e. The average Bonchev–Trinajstić information content (AvgIpc) is 2.36. The lowest BCUT2D eigenvalue weighted by atomic mass is 10.3. The molecule has 0 atom stereocenters. The molecule has 0 radical (unpaired) electrons. The van der Waals surface area contributed by atoms with Gasteiger partial charge in [-0.25, -0.2) is 0 Å². The van der Waals surface area contributed by atoms with Gasteiger partial charge in [0.05, 0.1) is 12.5 Å². The van der Waals surface area contributed by atoms with E-state index in [9.17, 15) is 9.90 Å². The van der Waals surface area contributed by atoms with Gasteiger partial charge in [0.25, 0.3) is 0 Å². The molecule has 72 valence electrons. The van der Waals surface area contributed by atoms with Gasteiger partial charge in [0.2, 0.25) is 0 Å². The van der Waals surface area contributed by atoms with Crippen LogP contribution in [0, 0.1) is 4.77 Å². The third-order valence-electron chi connectivity index (χ3n) is 1.60. The molecule has 1 heterocycles. The fourth-order valence-electron chi connectivity index (χ4n) is 1.06. The number of carboxylic acids is 1. The normalized spacial score (nSPS) is 10.2. The van der Waals surface area contributed by atoms with E-state index in [1.54, 1.807) is 0 Å². The Kier molecular flexibility index (Phi) is 3.18. The van der Waals surface area contributed by atoms with Crippen LogP contribution in [-0.2, 0) is 17.8 Å². The smallest absolute Gasteiger partial charge is 0.195 e. The number of carbonyl (C=O) groups excluding carboxylic acids is 1. The summed E-state index contributed by atoms with van der Waals surface area (Å²) in [6.45, 7) is 1.76. The molecule has 1 aromatic rings. The number of aryl methyl sites for hydroxylation is 1. The zero-order valence-corrected chi connectivity index (χ0v) is 8.06. The molecule has 0 aliphatic rings. The summed E-state index contributed by atoms with van der Waals surface area (Å²) in [6, 6.07) is 0. The summed E-state index contributed by atoms with van der Waals surface area (Å²) in [7, 11) is 0. The third kappa shape index (κ3) is 2.38. The van der Waals surface area contributed by atoms with Crippen molar-refractivity contribution >= 4 is 18.2 Å². The maximum Gasteiger partial charge on any atom is 0.195 e. The lowest BCUT2D eigenvalue weighted by Gasteiger charge is -2.05. The SMILES string of the molecule is CCCc1n[nH]c(=S)n1CC(=O)[O-]. The molecule has 0 spiro atoms. The van der Waals surface area contributed by atoms with E-state index >= 15 is 0 Å². The minimum absolute atomic E-state index is 0.231. The molecule has 5 nitrogen and oxygen atoms in total. The number of nitrogens with zero attached hydrogens (tertiary/aromatic N) is 2. The van der Waals surface area contributed by atoms with Crippen molar-refractivity contribution in [3.05, 3.63) is 10.6 Å². The van der Waals surface area contributed by atoms with E-state index in [0.717, 1.165) is 6.42 Å². The second-order valence-corrected chi connectivity index (χ2v) is 3.04. The lowest BCUT2D eigenvalue weighted by molar-refractivity contribution is -0.306. The first-order valence-electron chi connectivity index (χ1n) is 3.99. The monoisotopic (exact) mass is 200 g/mol. The molecule has 0 saturated heterocycles. The van der Waals surface area contributed by atoms with E-state index < -0.39 is 5.97 Å². The van der Waals surface area contributed by atoms with E-state index in [4.69, 9.17) is 12.2 Å². The second kappa shape index (κ2) is 4.18. The summed E-state index contributed by atoms with van der Waals surface area (Å²) < 4.78 is 1.77. The number of hydrogen-bond donors (Lipinski definition) is 1. The molecule has 1 N–H and O–H groups in total. The number of H-pyrrole nitrogens is 1. The van der Waals surface area contributed by atoms with Crippen molar-refractivity contribution in [2.75, 3.05) is 0 Å².